The maximum atomic E-state index is 12.2. The number of hydrogen-bond acceptors (Lipinski definition) is 4. The normalized spacial score (nSPS) is 21.8. The highest BCUT2D eigenvalue weighted by atomic mass is 16.5. The molecule has 0 aromatic rings. The summed E-state index contributed by atoms with van der Waals surface area (Å²) in [6.07, 6.45) is 3.93. The second kappa shape index (κ2) is 8.48. The fraction of sp³-hybridized carbons (Fsp3) is 0.875. The van der Waals surface area contributed by atoms with E-state index < -0.39 is 0 Å². The van der Waals surface area contributed by atoms with E-state index in [2.05, 4.69) is 10.2 Å². The van der Waals surface area contributed by atoms with Crippen molar-refractivity contribution in [2.45, 2.75) is 38.6 Å². The number of hydrogen-bond donors (Lipinski definition) is 1. The van der Waals surface area contributed by atoms with Gasteiger partial charge in [-0.15, -0.1) is 0 Å². The minimum atomic E-state index is 0.0484. The van der Waals surface area contributed by atoms with Gasteiger partial charge in [0.15, 0.2) is 0 Å². The number of nitrogens with zero attached hydrogens (tertiary/aromatic N) is 2. The van der Waals surface area contributed by atoms with Crippen LogP contribution in [-0.2, 0) is 14.3 Å². The van der Waals surface area contributed by atoms with E-state index in [1.807, 2.05) is 11.8 Å². The summed E-state index contributed by atoms with van der Waals surface area (Å²) in [4.78, 5) is 28.4. The molecule has 0 bridgehead atoms. The lowest BCUT2D eigenvalue weighted by atomic mass is 9.95. The third-order valence-electron chi connectivity index (χ3n) is 4.58. The summed E-state index contributed by atoms with van der Waals surface area (Å²) in [7, 11) is 1.64. The molecule has 2 aliphatic heterocycles. The first-order valence-corrected chi connectivity index (χ1v) is 8.39. The number of amides is 2. The molecule has 126 valence electrons. The molecular formula is C16H29N3O3. The third-order valence-corrected chi connectivity index (χ3v) is 4.58. The second-order valence-electron chi connectivity index (χ2n) is 6.50. The van der Waals surface area contributed by atoms with Crippen LogP contribution in [0.3, 0.4) is 0 Å². The molecule has 2 aliphatic rings. The highest BCUT2D eigenvalue weighted by Crippen LogP contribution is 2.18. The van der Waals surface area contributed by atoms with E-state index in [0.29, 0.717) is 13.2 Å². The number of carbonyl (C=O) groups excluding carboxylic acids is 2. The molecule has 0 radical (unpaired) electrons. The van der Waals surface area contributed by atoms with Crippen LogP contribution in [0.5, 0.6) is 0 Å². The molecule has 0 aromatic heterocycles. The van der Waals surface area contributed by atoms with Crippen molar-refractivity contribution < 1.29 is 14.3 Å². The Morgan fingerprint density at radius 3 is 2.41 bits per heavy atom. The van der Waals surface area contributed by atoms with Crippen molar-refractivity contribution in [3.8, 4) is 0 Å². The number of piperidine rings is 1. The van der Waals surface area contributed by atoms with Gasteiger partial charge in [0.2, 0.25) is 11.8 Å². The van der Waals surface area contributed by atoms with Gasteiger partial charge in [0, 0.05) is 32.2 Å². The summed E-state index contributed by atoms with van der Waals surface area (Å²) >= 11 is 0. The lowest BCUT2D eigenvalue weighted by Crippen LogP contribution is -2.46. The maximum Gasteiger partial charge on any atom is 0.236 e. The lowest BCUT2D eigenvalue weighted by Gasteiger charge is -2.32. The zero-order valence-electron chi connectivity index (χ0n) is 13.8. The largest absolute Gasteiger partial charge is 0.383 e. The molecule has 2 saturated heterocycles. The molecule has 2 heterocycles. The minimum Gasteiger partial charge on any atom is -0.383 e. The van der Waals surface area contributed by atoms with Gasteiger partial charge in [-0.25, -0.2) is 0 Å². The first kappa shape index (κ1) is 17.2. The molecule has 2 fully saturated rings. The molecule has 6 nitrogen and oxygen atoms in total. The quantitative estimate of drug-likeness (QED) is 0.775. The van der Waals surface area contributed by atoms with Crippen LogP contribution in [0.15, 0.2) is 0 Å². The average molecular weight is 311 g/mol. The van der Waals surface area contributed by atoms with E-state index in [-0.39, 0.29) is 23.8 Å². The SMILES string of the molecule is COC[C@@H](C)NC(=O)C1CCN(CC(=O)N2CCCC2)CC1. The zero-order chi connectivity index (χ0) is 15.9. The molecule has 0 unspecified atom stereocenters. The molecule has 2 amide bonds. The highest BCUT2D eigenvalue weighted by Gasteiger charge is 2.28. The van der Waals surface area contributed by atoms with E-state index in [4.69, 9.17) is 4.74 Å². The molecule has 6 heteroatoms. The van der Waals surface area contributed by atoms with Gasteiger partial charge in [-0.05, 0) is 45.7 Å². The van der Waals surface area contributed by atoms with Crippen molar-refractivity contribution >= 4 is 11.8 Å². The second-order valence-corrected chi connectivity index (χ2v) is 6.50. The molecule has 0 spiro atoms. The van der Waals surface area contributed by atoms with E-state index in [1.54, 1.807) is 7.11 Å². The van der Waals surface area contributed by atoms with Crippen LogP contribution in [-0.4, -0.2) is 74.1 Å². The molecule has 22 heavy (non-hydrogen) atoms. The van der Waals surface area contributed by atoms with Gasteiger partial charge < -0.3 is 15.0 Å². The summed E-state index contributed by atoms with van der Waals surface area (Å²) in [5, 5.41) is 2.99. The molecule has 1 N–H and O–H groups in total. The minimum absolute atomic E-state index is 0.0484. The summed E-state index contributed by atoms with van der Waals surface area (Å²) < 4.78 is 5.04. The van der Waals surface area contributed by atoms with Crippen LogP contribution in [0.1, 0.15) is 32.6 Å². The van der Waals surface area contributed by atoms with Crippen LogP contribution in [0, 0.1) is 5.92 Å². The van der Waals surface area contributed by atoms with E-state index >= 15 is 0 Å². The predicted molar refractivity (Wildman–Crippen MR) is 84.5 cm³/mol. The highest BCUT2D eigenvalue weighted by molar-refractivity contribution is 5.79. The van der Waals surface area contributed by atoms with Crippen LogP contribution < -0.4 is 5.32 Å². The summed E-state index contributed by atoms with van der Waals surface area (Å²) in [6, 6.07) is 0.0484. The first-order valence-electron chi connectivity index (χ1n) is 8.39. The van der Waals surface area contributed by atoms with Gasteiger partial charge in [-0.3, -0.25) is 14.5 Å². The van der Waals surface area contributed by atoms with Crippen molar-refractivity contribution in [1.82, 2.24) is 15.1 Å². The van der Waals surface area contributed by atoms with Gasteiger partial charge in [0.25, 0.3) is 0 Å². The molecule has 2 rings (SSSR count). The Kier molecular flexibility index (Phi) is 6.64. The first-order chi connectivity index (χ1) is 10.6. The average Bonchev–Trinajstić information content (AvgIpc) is 3.02. The van der Waals surface area contributed by atoms with Gasteiger partial charge in [0.05, 0.1) is 13.2 Å². The number of likely N-dealkylation sites (tertiary alicyclic amines) is 2. The monoisotopic (exact) mass is 311 g/mol. The van der Waals surface area contributed by atoms with Crippen LogP contribution in [0.2, 0.25) is 0 Å². The van der Waals surface area contributed by atoms with E-state index in [0.717, 1.165) is 51.9 Å². The van der Waals surface area contributed by atoms with Gasteiger partial charge >= 0.3 is 0 Å². The Morgan fingerprint density at radius 2 is 1.82 bits per heavy atom. The Hall–Kier alpha value is -1.14. The molecule has 0 aliphatic carbocycles. The molecule has 1 atom stereocenters. The van der Waals surface area contributed by atoms with Crippen LogP contribution >= 0.6 is 0 Å². The number of ether oxygens (including phenoxy) is 1. The van der Waals surface area contributed by atoms with E-state index in [1.165, 1.54) is 0 Å². The number of methoxy groups -OCH3 is 1. The van der Waals surface area contributed by atoms with Crippen LogP contribution in [0.4, 0.5) is 0 Å². The van der Waals surface area contributed by atoms with Crippen LogP contribution in [0.25, 0.3) is 0 Å². The fourth-order valence-corrected chi connectivity index (χ4v) is 3.26. The maximum absolute atomic E-state index is 12.2. The van der Waals surface area contributed by atoms with E-state index in [9.17, 15) is 9.59 Å². The van der Waals surface area contributed by atoms with Gasteiger partial charge in [-0.1, -0.05) is 0 Å². The standard InChI is InChI=1S/C16H29N3O3/c1-13(12-22-2)17-16(21)14-5-9-18(10-6-14)11-15(20)19-7-3-4-8-19/h13-14H,3-12H2,1-2H3,(H,17,21)/t13-/m1/s1. The van der Waals surface area contributed by atoms with Crippen molar-refractivity contribution in [1.29, 1.82) is 0 Å². The zero-order valence-corrected chi connectivity index (χ0v) is 13.8. The summed E-state index contributed by atoms with van der Waals surface area (Å²) in [5.41, 5.74) is 0. The topological polar surface area (TPSA) is 61.9 Å². The van der Waals surface area contributed by atoms with Crippen molar-refractivity contribution in [3.05, 3.63) is 0 Å². The third kappa shape index (κ3) is 4.95. The molecule has 0 saturated carbocycles. The number of nitrogens with one attached hydrogen (secondary N) is 1. The number of carbonyl (C=O) groups is 2. The smallest absolute Gasteiger partial charge is 0.236 e. The number of rotatable bonds is 6. The fourth-order valence-electron chi connectivity index (χ4n) is 3.26. The summed E-state index contributed by atoms with van der Waals surface area (Å²) in [6.45, 7) is 6.48. The lowest BCUT2D eigenvalue weighted by molar-refractivity contribution is -0.132. The Bertz CT molecular complexity index is 375. The Labute approximate surface area is 133 Å². The van der Waals surface area contributed by atoms with Crippen molar-refractivity contribution in [3.63, 3.8) is 0 Å². The van der Waals surface area contributed by atoms with Crippen molar-refractivity contribution in [2.24, 2.45) is 5.92 Å². The Morgan fingerprint density at radius 1 is 1.18 bits per heavy atom. The van der Waals surface area contributed by atoms with Crippen molar-refractivity contribution in [2.75, 3.05) is 46.4 Å². The van der Waals surface area contributed by atoms with Gasteiger partial charge in [0.1, 0.15) is 0 Å². The van der Waals surface area contributed by atoms with Gasteiger partial charge in [-0.2, -0.15) is 0 Å². The molecule has 0 aromatic carbocycles. The molecular weight excluding hydrogens is 282 g/mol. The predicted octanol–water partition coefficient (Wildman–Crippen LogP) is 0.472. The Balaban J connectivity index is 1.68. The summed E-state index contributed by atoms with van der Waals surface area (Å²) in [5.74, 6) is 0.432.